The summed E-state index contributed by atoms with van der Waals surface area (Å²) < 4.78 is 21.9. The third kappa shape index (κ3) is 3.74. The zero-order valence-electron chi connectivity index (χ0n) is 18.1. The van der Waals surface area contributed by atoms with Crippen molar-refractivity contribution in [2.45, 2.75) is 38.5 Å². The van der Waals surface area contributed by atoms with Crippen molar-refractivity contribution < 1.29 is 18.9 Å². The summed E-state index contributed by atoms with van der Waals surface area (Å²) in [5.41, 5.74) is 6.66. The van der Waals surface area contributed by atoms with Gasteiger partial charge >= 0.3 is 0 Å². The van der Waals surface area contributed by atoms with E-state index in [4.69, 9.17) is 29.2 Å². The number of benzene rings is 2. The minimum Gasteiger partial charge on any atom is -0.493 e. The van der Waals surface area contributed by atoms with Gasteiger partial charge in [0.15, 0.2) is 23.0 Å². The molecule has 2 aromatic carbocycles. The first kappa shape index (κ1) is 20.3. The number of hydrogen-bond acceptors (Lipinski definition) is 6. The number of rotatable bonds is 5. The van der Waals surface area contributed by atoms with Crippen molar-refractivity contribution in [2.24, 2.45) is 10.2 Å². The highest BCUT2D eigenvalue weighted by atomic mass is 16.5. The van der Waals surface area contributed by atoms with Gasteiger partial charge in [-0.05, 0) is 73.9 Å². The fourth-order valence-electron chi connectivity index (χ4n) is 4.28. The Balaban J connectivity index is 1.73. The fraction of sp³-hybridized carbons (Fsp3) is 0.417. The first-order valence-electron chi connectivity index (χ1n) is 10.3. The molecule has 0 saturated heterocycles. The van der Waals surface area contributed by atoms with Crippen LogP contribution in [0.2, 0.25) is 0 Å². The van der Waals surface area contributed by atoms with Gasteiger partial charge in [-0.15, -0.1) is 0 Å². The average molecular weight is 408 g/mol. The lowest BCUT2D eigenvalue weighted by Gasteiger charge is -2.21. The lowest BCUT2D eigenvalue weighted by molar-refractivity contribution is 0.354. The van der Waals surface area contributed by atoms with Crippen LogP contribution in [0.25, 0.3) is 0 Å². The smallest absolute Gasteiger partial charge is 0.161 e. The van der Waals surface area contributed by atoms with Gasteiger partial charge in [-0.1, -0.05) is 0 Å². The number of methoxy groups -OCH3 is 4. The van der Waals surface area contributed by atoms with E-state index in [1.807, 2.05) is 12.1 Å². The number of nitrogens with zero attached hydrogens (tertiary/aromatic N) is 2. The Morgan fingerprint density at radius 1 is 0.533 bits per heavy atom. The Labute approximate surface area is 177 Å². The summed E-state index contributed by atoms with van der Waals surface area (Å²) in [5.74, 6) is 2.95. The largest absolute Gasteiger partial charge is 0.493 e. The van der Waals surface area contributed by atoms with E-state index in [1.165, 1.54) is 11.1 Å². The summed E-state index contributed by atoms with van der Waals surface area (Å²) in [5, 5.41) is 9.42. The van der Waals surface area contributed by atoms with Gasteiger partial charge in [0.05, 0.1) is 39.9 Å². The molecule has 0 saturated carbocycles. The van der Waals surface area contributed by atoms with Crippen LogP contribution in [0.4, 0.5) is 0 Å². The summed E-state index contributed by atoms with van der Waals surface area (Å²) in [6, 6.07) is 8.16. The zero-order chi connectivity index (χ0) is 21.1. The topological polar surface area (TPSA) is 61.6 Å². The Kier molecular flexibility index (Phi) is 5.93. The molecule has 0 fully saturated rings. The molecular weight excluding hydrogens is 380 g/mol. The second-order valence-electron chi connectivity index (χ2n) is 7.53. The number of aryl methyl sites for hydroxylation is 2. The maximum atomic E-state index is 5.50. The van der Waals surface area contributed by atoms with Crippen LogP contribution in [0.3, 0.4) is 0 Å². The summed E-state index contributed by atoms with van der Waals surface area (Å²) in [4.78, 5) is 0. The van der Waals surface area contributed by atoms with Crippen LogP contribution in [0.5, 0.6) is 23.0 Å². The van der Waals surface area contributed by atoms with E-state index in [9.17, 15) is 0 Å². The highest BCUT2D eigenvalue weighted by molar-refractivity contribution is 6.06. The Bertz CT molecular complexity index is 929. The van der Waals surface area contributed by atoms with Crippen LogP contribution in [-0.4, -0.2) is 39.9 Å². The molecule has 2 aliphatic rings. The molecule has 0 aliphatic heterocycles. The molecule has 0 N–H and O–H groups in total. The zero-order valence-corrected chi connectivity index (χ0v) is 18.1. The van der Waals surface area contributed by atoms with Gasteiger partial charge in [0, 0.05) is 11.1 Å². The van der Waals surface area contributed by atoms with Gasteiger partial charge in [-0.25, -0.2) is 0 Å². The van der Waals surface area contributed by atoms with E-state index >= 15 is 0 Å². The van der Waals surface area contributed by atoms with Gasteiger partial charge in [0.2, 0.25) is 0 Å². The van der Waals surface area contributed by atoms with E-state index in [0.29, 0.717) is 0 Å². The fourth-order valence-corrected chi connectivity index (χ4v) is 4.28. The molecule has 30 heavy (non-hydrogen) atoms. The first-order chi connectivity index (χ1) is 14.7. The molecule has 0 unspecified atom stereocenters. The van der Waals surface area contributed by atoms with Gasteiger partial charge in [0.1, 0.15) is 0 Å². The number of fused-ring (bicyclic) bond motifs is 2. The van der Waals surface area contributed by atoms with Gasteiger partial charge in [-0.2, -0.15) is 10.2 Å². The minimum atomic E-state index is 0.721. The summed E-state index contributed by atoms with van der Waals surface area (Å²) >= 11 is 0. The van der Waals surface area contributed by atoms with Crippen molar-refractivity contribution in [1.82, 2.24) is 0 Å². The second-order valence-corrected chi connectivity index (χ2v) is 7.53. The van der Waals surface area contributed by atoms with Gasteiger partial charge in [0.25, 0.3) is 0 Å². The molecule has 0 bridgehead atoms. The van der Waals surface area contributed by atoms with E-state index in [2.05, 4.69) is 12.1 Å². The van der Waals surface area contributed by atoms with Crippen molar-refractivity contribution in [3.8, 4) is 23.0 Å². The standard InChI is InChI=1S/C24H28N2O4/c1-27-21-11-15-7-5-9-19(17(15)13-23(21)29-3)25-26-20-10-6-8-16-12-22(28-2)24(30-4)14-18(16)20/h11-14H,5-10H2,1-4H3. The number of hydrogen-bond donors (Lipinski definition) is 0. The van der Waals surface area contributed by atoms with E-state index in [-0.39, 0.29) is 0 Å². The first-order valence-corrected chi connectivity index (χ1v) is 10.3. The van der Waals surface area contributed by atoms with Crippen molar-refractivity contribution in [3.63, 3.8) is 0 Å². The quantitative estimate of drug-likeness (QED) is 0.679. The normalized spacial score (nSPS) is 18.0. The molecule has 0 spiro atoms. The third-order valence-corrected chi connectivity index (χ3v) is 5.85. The molecule has 6 nitrogen and oxygen atoms in total. The molecule has 0 radical (unpaired) electrons. The molecule has 0 amide bonds. The van der Waals surface area contributed by atoms with Crippen molar-refractivity contribution in [3.05, 3.63) is 46.5 Å². The molecule has 4 rings (SSSR count). The van der Waals surface area contributed by atoms with Crippen LogP contribution in [-0.2, 0) is 12.8 Å². The molecule has 6 heteroatoms. The van der Waals surface area contributed by atoms with E-state index in [1.54, 1.807) is 28.4 Å². The Morgan fingerprint density at radius 3 is 1.27 bits per heavy atom. The van der Waals surface area contributed by atoms with Gasteiger partial charge in [-0.3, -0.25) is 0 Å². The third-order valence-electron chi connectivity index (χ3n) is 5.85. The Morgan fingerprint density at radius 2 is 0.900 bits per heavy atom. The highest BCUT2D eigenvalue weighted by Gasteiger charge is 2.22. The SMILES string of the molecule is COc1cc2c(cc1OC)C(=NN=C1CCCc3cc(OC)c(OC)cc31)CCC2. The predicted molar refractivity (Wildman–Crippen MR) is 118 cm³/mol. The summed E-state index contributed by atoms with van der Waals surface area (Å²) in [6.45, 7) is 0. The van der Waals surface area contributed by atoms with E-state index in [0.717, 1.165) is 84.1 Å². The van der Waals surface area contributed by atoms with Crippen LogP contribution in [0.1, 0.15) is 47.9 Å². The van der Waals surface area contributed by atoms with Crippen molar-refractivity contribution in [2.75, 3.05) is 28.4 Å². The minimum absolute atomic E-state index is 0.721. The molecule has 2 aliphatic carbocycles. The highest BCUT2D eigenvalue weighted by Crippen LogP contribution is 2.36. The predicted octanol–water partition coefficient (Wildman–Crippen LogP) is 4.59. The molecule has 2 aromatic rings. The lowest BCUT2D eigenvalue weighted by Crippen LogP contribution is -2.14. The molecule has 0 aromatic heterocycles. The molecular formula is C24H28N2O4. The maximum Gasteiger partial charge on any atom is 0.161 e. The summed E-state index contributed by atoms with van der Waals surface area (Å²) in [6.07, 6.45) is 5.91. The maximum absolute atomic E-state index is 5.50. The average Bonchev–Trinajstić information content (AvgIpc) is 2.80. The summed E-state index contributed by atoms with van der Waals surface area (Å²) in [7, 11) is 6.64. The van der Waals surface area contributed by atoms with Crippen molar-refractivity contribution >= 4 is 11.4 Å². The molecule has 0 atom stereocenters. The van der Waals surface area contributed by atoms with Crippen molar-refractivity contribution in [1.29, 1.82) is 0 Å². The van der Waals surface area contributed by atoms with Crippen LogP contribution in [0.15, 0.2) is 34.5 Å². The second kappa shape index (κ2) is 8.78. The molecule has 0 heterocycles. The van der Waals surface area contributed by atoms with Crippen LogP contribution >= 0.6 is 0 Å². The van der Waals surface area contributed by atoms with E-state index < -0.39 is 0 Å². The number of ether oxygens (including phenoxy) is 4. The van der Waals surface area contributed by atoms with Gasteiger partial charge < -0.3 is 18.9 Å². The van der Waals surface area contributed by atoms with Crippen LogP contribution < -0.4 is 18.9 Å². The Hall–Kier alpha value is -3.02. The molecule has 158 valence electrons. The monoisotopic (exact) mass is 408 g/mol. The lowest BCUT2D eigenvalue weighted by atomic mass is 9.89. The van der Waals surface area contributed by atoms with Crippen LogP contribution in [0, 0.1) is 0 Å².